The smallest absolute Gasteiger partial charge is 0.349 e. The van der Waals surface area contributed by atoms with Gasteiger partial charge in [-0.15, -0.1) is 0 Å². The average molecular weight is 424 g/mol. The van der Waals surface area contributed by atoms with Crippen molar-refractivity contribution in [3.63, 3.8) is 0 Å². The zero-order valence-electron chi connectivity index (χ0n) is 19.3. The maximum atomic E-state index is 13.6. The normalized spacial score (nSPS) is 12.7. The molecule has 0 spiro atoms. The summed E-state index contributed by atoms with van der Waals surface area (Å²) in [6, 6.07) is 11.2. The number of aromatic hydroxyl groups is 1. The molecule has 0 aromatic heterocycles. The molecule has 0 atom stereocenters. The van der Waals surface area contributed by atoms with E-state index in [1.54, 1.807) is 19.1 Å². The van der Waals surface area contributed by atoms with Crippen LogP contribution in [0.15, 0.2) is 42.0 Å². The molecule has 0 saturated heterocycles. The number of nitrogens with zero attached hydrogens (tertiary/aromatic N) is 1. The molecule has 2 aromatic rings. The van der Waals surface area contributed by atoms with Crippen LogP contribution in [0, 0.1) is 17.1 Å². The Bertz CT molecular complexity index is 1010. The number of carbonyl (C=O) groups excluding carboxylic acids is 1. The molecule has 0 aliphatic rings. The van der Waals surface area contributed by atoms with Crippen molar-refractivity contribution in [3.8, 4) is 11.8 Å². The fraction of sp³-hybridized carbons (Fsp3) is 0.385. The molecule has 164 valence electrons. The lowest BCUT2D eigenvalue weighted by Crippen LogP contribution is -2.18. The average Bonchev–Trinajstić information content (AvgIpc) is 2.65. The number of hydrogen-bond acceptors (Lipinski definition) is 4. The number of esters is 1. The Morgan fingerprint density at radius 1 is 1.00 bits per heavy atom. The highest BCUT2D eigenvalue weighted by Gasteiger charge is 2.29. The van der Waals surface area contributed by atoms with Crippen molar-refractivity contribution < 1.29 is 19.0 Å². The standard InChI is InChI=1S/C26H30FNO3/c1-8-31-24(30)19(15-28)22(16-9-11-18(27)12-10-16)17-13-20(25(2,3)4)23(29)21(14-17)26(5,6)7/h9-14,29H,8H2,1-7H3. The van der Waals surface area contributed by atoms with Crippen molar-refractivity contribution in [2.24, 2.45) is 0 Å². The Hall–Kier alpha value is -3.13. The van der Waals surface area contributed by atoms with E-state index in [1.165, 1.54) is 24.3 Å². The lowest BCUT2D eigenvalue weighted by molar-refractivity contribution is -0.137. The first kappa shape index (κ1) is 24.1. The maximum Gasteiger partial charge on any atom is 0.349 e. The molecular weight excluding hydrogens is 393 g/mol. The molecule has 0 heterocycles. The Balaban J connectivity index is 3.00. The topological polar surface area (TPSA) is 70.3 Å². The van der Waals surface area contributed by atoms with Crippen LogP contribution in [0.2, 0.25) is 0 Å². The lowest BCUT2D eigenvalue weighted by atomic mass is 9.77. The third kappa shape index (κ3) is 5.32. The van der Waals surface area contributed by atoms with Crippen LogP contribution in [0.1, 0.15) is 70.7 Å². The van der Waals surface area contributed by atoms with E-state index in [1.807, 2.05) is 47.6 Å². The van der Waals surface area contributed by atoms with Crippen molar-refractivity contribution in [2.45, 2.75) is 59.3 Å². The minimum Gasteiger partial charge on any atom is -0.507 e. The Labute approximate surface area is 184 Å². The highest BCUT2D eigenvalue weighted by atomic mass is 19.1. The van der Waals surface area contributed by atoms with Crippen LogP contribution in [0.25, 0.3) is 5.57 Å². The summed E-state index contributed by atoms with van der Waals surface area (Å²) in [5.41, 5.74) is 1.86. The molecular formula is C26H30FNO3. The monoisotopic (exact) mass is 423 g/mol. The number of ether oxygens (including phenoxy) is 1. The van der Waals surface area contributed by atoms with E-state index in [9.17, 15) is 19.6 Å². The number of nitriles is 1. The van der Waals surface area contributed by atoms with Crippen molar-refractivity contribution in [2.75, 3.05) is 6.61 Å². The third-order valence-corrected chi connectivity index (χ3v) is 4.99. The van der Waals surface area contributed by atoms with Gasteiger partial charge in [0.15, 0.2) is 0 Å². The van der Waals surface area contributed by atoms with E-state index in [2.05, 4.69) is 0 Å². The summed E-state index contributed by atoms with van der Waals surface area (Å²) in [5.74, 6) is -0.974. The number of hydrogen-bond donors (Lipinski definition) is 1. The summed E-state index contributed by atoms with van der Waals surface area (Å²) in [6.07, 6.45) is 0. The van der Waals surface area contributed by atoms with Gasteiger partial charge in [0.25, 0.3) is 0 Å². The summed E-state index contributed by atoms with van der Waals surface area (Å²) in [4.78, 5) is 12.6. The predicted molar refractivity (Wildman–Crippen MR) is 120 cm³/mol. The second-order valence-electron chi connectivity index (χ2n) is 9.51. The SMILES string of the molecule is CCOC(=O)C(C#N)=C(c1ccc(F)cc1)c1cc(C(C)(C)C)c(O)c(C(C)(C)C)c1. The van der Waals surface area contributed by atoms with E-state index in [-0.39, 0.29) is 17.9 Å². The van der Waals surface area contributed by atoms with Crippen LogP contribution in [0.3, 0.4) is 0 Å². The van der Waals surface area contributed by atoms with Gasteiger partial charge in [-0.1, -0.05) is 53.7 Å². The van der Waals surface area contributed by atoms with Gasteiger partial charge in [0, 0.05) is 16.7 Å². The minimum absolute atomic E-state index is 0.122. The molecule has 31 heavy (non-hydrogen) atoms. The second-order valence-corrected chi connectivity index (χ2v) is 9.51. The molecule has 4 nitrogen and oxygen atoms in total. The van der Waals surface area contributed by atoms with Gasteiger partial charge in [0.1, 0.15) is 23.2 Å². The minimum atomic E-state index is -0.744. The molecule has 0 fully saturated rings. The molecule has 0 radical (unpaired) electrons. The van der Waals surface area contributed by atoms with Gasteiger partial charge >= 0.3 is 5.97 Å². The van der Waals surface area contributed by atoms with Gasteiger partial charge in [-0.2, -0.15) is 5.26 Å². The lowest BCUT2D eigenvalue weighted by Gasteiger charge is -2.29. The van der Waals surface area contributed by atoms with Crippen LogP contribution in [-0.2, 0) is 20.4 Å². The Morgan fingerprint density at radius 2 is 1.48 bits per heavy atom. The largest absolute Gasteiger partial charge is 0.507 e. The van der Waals surface area contributed by atoms with E-state index >= 15 is 0 Å². The zero-order chi connectivity index (χ0) is 23.6. The van der Waals surface area contributed by atoms with Crippen LogP contribution in [0.4, 0.5) is 4.39 Å². The van der Waals surface area contributed by atoms with Crippen molar-refractivity contribution in [1.82, 2.24) is 0 Å². The summed E-state index contributed by atoms with van der Waals surface area (Å²) in [7, 11) is 0. The predicted octanol–water partition coefficient (Wildman–Crippen LogP) is 6.01. The Morgan fingerprint density at radius 3 is 1.87 bits per heavy atom. The zero-order valence-corrected chi connectivity index (χ0v) is 19.3. The number of phenols is 1. The number of benzene rings is 2. The first-order valence-corrected chi connectivity index (χ1v) is 10.3. The quantitative estimate of drug-likeness (QED) is 0.371. The number of phenolic OH excluding ortho intramolecular Hbond substituents is 1. The molecule has 2 rings (SSSR count). The molecule has 0 unspecified atom stereocenters. The van der Waals surface area contributed by atoms with E-state index < -0.39 is 22.6 Å². The van der Waals surface area contributed by atoms with Crippen LogP contribution < -0.4 is 0 Å². The summed E-state index contributed by atoms with van der Waals surface area (Å²) in [6.45, 7) is 13.7. The molecule has 2 aromatic carbocycles. The van der Waals surface area contributed by atoms with E-state index in [0.717, 1.165) is 0 Å². The van der Waals surface area contributed by atoms with Crippen molar-refractivity contribution in [3.05, 3.63) is 70.0 Å². The third-order valence-electron chi connectivity index (χ3n) is 4.99. The van der Waals surface area contributed by atoms with Gasteiger partial charge in [0.05, 0.1) is 6.61 Å². The van der Waals surface area contributed by atoms with Crippen molar-refractivity contribution in [1.29, 1.82) is 5.26 Å². The second kappa shape index (κ2) is 8.93. The molecule has 0 bridgehead atoms. The van der Waals surface area contributed by atoms with Gasteiger partial charge in [-0.05, 0) is 53.1 Å². The first-order chi connectivity index (χ1) is 14.3. The molecule has 0 aliphatic carbocycles. The highest BCUT2D eigenvalue weighted by molar-refractivity contribution is 6.05. The van der Waals surface area contributed by atoms with Gasteiger partial charge in [0.2, 0.25) is 0 Å². The summed E-state index contributed by atoms with van der Waals surface area (Å²) >= 11 is 0. The number of carbonyl (C=O) groups is 1. The molecule has 0 saturated carbocycles. The fourth-order valence-electron chi connectivity index (χ4n) is 3.40. The fourth-order valence-corrected chi connectivity index (χ4v) is 3.40. The van der Waals surface area contributed by atoms with Crippen LogP contribution in [0.5, 0.6) is 5.75 Å². The van der Waals surface area contributed by atoms with Gasteiger partial charge in [-0.3, -0.25) is 0 Å². The molecule has 5 heteroatoms. The Kier molecular flexibility index (Phi) is 6.96. The number of halogens is 1. The van der Waals surface area contributed by atoms with Gasteiger partial charge in [-0.25, -0.2) is 9.18 Å². The highest BCUT2D eigenvalue weighted by Crippen LogP contribution is 2.42. The summed E-state index contributed by atoms with van der Waals surface area (Å²) in [5, 5.41) is 20.9. The van der Waals surface area contributed by atoms with E-state index in [0.29, 0.717) is 27.8 Å². The van der Waals surface area contributed by atoms with Crippen LogP contribution >= 0.6 is 0 Å². The number of rotatable bonds is 4. The van der Waals surface area contributed by atoms with Gasteiger partial charge < -0.3 is 9.84 Å². The van der Waals surface area contributed by atoms with E-state index in [4.69, 9.17) is 4.74 Å². The molecule has 0 aliphatic heterocycles. The summed E-state index contributed by atoms with van der Waals surface area (Å²) < 4.78 is 18.7. The van der Waals surface area contributed by atoms with Crippen LogP contribution in [-0.4, -0.2) is 17.7 Å². The van der Waals surface area contributed by atoms with Crippen molar-refractivity contribution >= 4 is 11.5 Å². The maximum absolute atomic E-state index is 13.6. The first-order valence-electron chi connectivity index (χ1n) is 10.3. The molecule has 1 N–H and O–H groups in total. The molecule has 0 amide bonds.